The first-order valence-corrected chi connectivity index (χ1v) is 14.4. The summed E-state index contributed by atoms with van der Waals surface area (Å²) in [6, 6.07) is 51.1. The molecule has 7 aromatic rings. The lowest BCUT2D eigenvalue weighted by atomic mass is 9.84. The van der Waals surface area contributed by atoms with Gasteiger partial charge in [-0.15, -0.1) is 0 Å². The van der Waals surface area contributed by atoms with Crippen LogP contribution in [0.15, 0.2) is 140 Å². The van der Waals surface area contributed by atoms with Crippen molar-refractivity contribution >= 4 is 21.5 Å². The molecule has 41 heavy (non-hydrogen) atoms. The normalized spacial score (nSPS) is 11.3. The van der Waals surface area contributed by atoms with Crippen molar-refractivity contribution in [2.24, 2.45) is 0 Å². The number of fused-ring (bicyclic) bond motifs is 2. The molecular weight excluding hydrogens is 492 g/mol. The lowest BCUT2D eigenvalue weighted by molar-refractivity contribution is 1.32. The highest BCUT2D eigenvalue weighted by atomic mass is 14.2. The van der Waals surface area contributed by atoms with Crippen LogP contribution in [0.5, 0.6) is 0 Å². The number of hydrogen-bond donors (Lipinski definition) is 0. The summed E-state index contributed by atoms with van der Waals surface area (Å²) in [4.78, 5) is 0. The fourth-order valence-electron chi connectivity index (χ4n) is 6.68. The van der Waals surface area contributed by atoms with E-state index in [1.54, 1.807) is 0 Å². The van der Waals surface area contributed by atoms with Crippen LogP contribution < -0.4 is 0 Å². The number of aryl methyl sites for hydroxylation is 3. The predicted molar refractivity (Wildman–Crippen MR) is 177 cm³/mol. The van der Waals surface area contributed by atoms with Crippen LogP contribution in [0.3, 0.4) is 0 Å². The second-order valence-electron chi connectivity index (χ2n) is 11.1. The van der Waals surface area contributed by atoms with Gasteiger partial charge in [0.15, 0.2) is 0 Å². The molecule has 0 N–H and O–H groups in total. The molecule has 7 aromatic carbocycles. The third-order valence-corrected chi connectivity index (χ3v) is 8.33. The van der Waals surface area contributed by atoms with Gasteiger partial charge in [-0.3, -0.25) is 0 Å². The maximum absolute atomic E-state index is 2.38. The van der Waals surface area contributed by atoms with E-state index < -0.39 is 0 Å². The first kappa shape index (κ1) is 25.1. The molecule has 0 fully saturated rings. The largest absolute Gasteiger partial charge is 0.0622 e. The third-order valence-electron chi connectivity index (χ3n) is 8.33. The number of benzene rings is 7. The van der Waals surface area contributed by atoms with Gasteiger partial charge < -0.3 is 0 Å². The molecule has 0 heteroatoms. The molecule has 0 spiro atoms. The van der Waals surface area contributed by atoms with Crippen LogP contribution in [0, 0.1) is 20.8 Å². The van der Waals surface area contributed by atoms with E-state index in [0.29, 0.717) is 0 Å². The highest BCUT2D eigenvalue weighted by Crippen LogP contribution is 2.44. The Morgan fingerprint density at radius 3 is 1.22 bits per heavy atom. The fraction of sp³-hybridized carbons (Fsp3) is 0.0732. The van der Waals surface area contributed by atoms with E-state index in [-0.39, 0.29) is 0 Å². The van der Waals surface area contributed by atoms with Gasteiger partial charge in [0.2, 0.25) is 0 Å². The second-order valence-corrected chi connectivity index (χ2v) is 11.1. The van der Waals surface area contributed by atoms with Gasteiger partial charge in [0.25, 0.3) is 0 Å². The molecule has 0 radical (unpaired) electrons. The summed E-state index contributed by atoms with van der Waals surface area (Å²) in [6.07, 6.45) is 0. The van der Waals surface area contributed by atoms with Crippen molar-refractivity contribution in [3.8, 4) is 44.5 Å². The minimum Gasteiger partial charge on any atom is -0.0622 e. The molecule has 0 aliphatic heterocycles. The molecule has 0 saturated carbocycles. The molecule has 0 bridgehead atoms. The molecule has 196 valence electrons. The van der Waals surface area contributed by atoms with E-state index in [1.165, 1.54) is 82.7 Å². The number of rotatable bonds is 4. The van der Waals surface area contributed by atoms with Gasteiger partial charge in [0, 0.05) is 0 Å². The van der Waals surface area contributed by atoms with E-state index in [0.717, 1.165) is 0 Å². The van der Waals surface area contributed by atoms with Gasteiger partial charge in [-0.05, 0) is 104 Å². The van der Waals surface area contributed by atoms with Crippen molar-refractivity contribution in [2.75, 3.05) is 0 Å². The van der Waals surface area contributed by atoms with Crippen LogP contribution in [0.25, 0.3) is 66.1 Å². The lowest BCUT2D eigenvalue weighted by Gasteiger charge is -2.19. The van der Waals surface area contributed by atoms with Crippen LogP contribution in [0.1, 0.15) is 16.7 Å². The summed E-state index contributed by atoms with van der Waals surface area (Å²) in [5.74, 6) is 0. The van der Waals surface area contributed by atoms with E-state index >= 15 is 0 Å². The van der Waals surface area contributed by atoms with Gasteiger partial charge in [0.1, 0.15) is 0 Å². The van der Waals surface area contributed by atoms with Crippen molar-refractivity contribution in [3.05, 3.63) is 156 Å². The van der Waals surface area contributed by atoms with Crippen molar-refractivity contribution < 1.29 is 0 Å². The van der Waals surface area contributed by atoms with E-state index in [1.807, 2.05) is 0 Å². The Bertz CT molecular complexity index is 1960. The van der Waals surface area contributed by atoms with E-state index in [4.69, 9.17) is 0 Å². The number of hydrogen-bond acceptors (Lipinski definition) is 0. The maximum Gasteiger partial charge on any atom is -0.00262 e. The van der Waals surface area contributed by atoms with Crippen LogP contribution in [0.2, 0.25) is 0 Å². The van der Waals surface area contributed by atoms with Gasteiger partial charge >= 0.3 is 0 Å². The predicted octanol–water partition coefficient (Wildman–Crippen LogP) is 11.6. The molecule has 0 amide bonds. The molecule has 0 atom stereocenters. The highest BCUT2D eigenvalue weighted by Gasteiger charge is 2.17. The van der Waals surface area contributed by atoms with E-state index in [9.17, 15) is 0 Å². The van der Waals surface area contributed by atoms with Crippen molar-refractivity contribution in [1.82, 2.24) is 0 Å². The first-order valence-electron chi connectivity index (χ1n) is 14.4. The van der Waals surface area contributed by atoms with Crippen LogP contribution in [-0.4, -0.2) is 0 Å². The molecular formula is C41H32. The Hall–Kier alpha value is -4.94. The zero-order valence-electron chi connectivity index (χ0n) is 23.8. The van der Waals surface area contributed by atoms with Crippen LogP contribution >= 0.6 is 0 Å². The van der Waals surface area contributed by atoms with Crippen LogP contribution in [-0.2, 0) is 0 Å². The highest BCUT2D eigenvalue weighted by molar-refractivity contribution is 6.21. The second kappa shape index (κ2) is 10.2. The van der Waals surface area contributed by atoms with Crippen molar-refractivity contribution in [1.29, 1.82) is 0 Å². The van der Waals surface area contributed by atoms with Gasteiger partial charge in [-0.2, -0.15) is 0 Å². The standard InChI is InChI=1S/C41H32/c1-27-24-28(2)39(29(3)25-27)33-14-11-15-34(26-33)41-37-18-9-7-16-35(37)40(36-17-8-10-19-38(36)41)32-22-20-31(21-23-32)30-12-5-4-6-13-30/h4-26H,1-3H3. The zero-order chi connectivity index (χ0) is 27.9. The molecule has 0 unspecified atom stereocenters. The van der Waals surface area contributed by atoms with Crippen molar-refractivity contribution in [2.45, 2.75) is 20.8 Å². The average Bonchev–Trinajstić information content (AvgIpc) is 3.00. The van der Waals surface area contributed by atoms with E-state index in [2.05, 4.69) is 160 Å². The fourth-order valence-corrected chi connectivity index (χ4v) is 6.68. The smallest absolute Gasteiger partial charge is 0.00262 e. The Balaban J connectivity index is 1.46. The third kappa shape index (κ3) is 4.42. The Kier molecular flexibility index (Phi) is 6.25. The SMILES string of the molecule is Cc1cc(C)c(-c2cccc(-c3c4ccccc4c(-c4ccc(-c5ccccc5)cc4)c4ccccc34)c2)c(C)c1. The average molecular weight is 525 g/mol. The Morgan fingerprint density at radius 1 is 0.293 bits per heavy atom. The summed E-state index contributed by atoms with van der Waals surface area (Å²) in [6.45, 7) is 6.63. The van der Waals surface area contributed by atoms with Crippen LogP contribution in [0.4, 0.5) is 0 Å². The Labute approximate surface area is 242 Å². The summed E-state index contributed by atoms with van der Waals surface area (Å²) in [5.41, 5.74) is 14.1. The Morgan fingerprint density at radius 2 is 0.683 bits per heavy atom. The van der Waals surface area contributed by atoms with Gasteiger partial charge in [0.05, 0.1) is 0 Å². The molecule has 7 rings (SSSR count). The van der Waals surface area contributed by atoms with Gasteiger partial charge in [-0.25, -0.2) is 0 Å². The minimum atomic E-state index is 1.23. The minimum absolute atomic E-state index is 1.23. The molecule has 0 saturated heterocycles. The molecule has 0 aliphatic rings. The molecule has 0 aromatic heterocycles. The lowest BCUT2D eigenvalue weighted by Crippen LogP contribution is -1.93. The topological polar surface area (TPSA) is 0 Å². The monoisotopic (exact) mass is 524 g/mol. The summed E-state index contributed by atoms with van der Waals surface area (Å²) >= 11 is 0. The summed E-state index contributed by atoms with van der Waals surface area (Å²) < 4.78 is 0. The molecule has 0 aliphatic carbocycles. The molecule has 0 nitrogen and oxygen atoms in total. The molecule has 0 heterocycles. The zero-order valence-corrected chi connectivity index (χ0v) is 23.8. The first-order chi connectivity index (χ1) is 20.1. The van der Waals surface area contributed by atoms with Crippen molar-refractivity contribution in [3.63, 3.8) is 0 Å². The summed E-state index contributed by atoms with van der Waals surface area (Å²) in [5, 5.41) is 5.12. The quantitative estimate of drug-likeness (QED) is 0.201. The van der Waals surface area contributed by atoms with Gasteiger partial charge in [-0.1, -0.05) is 139 Å². The maximum atomic E-state index is 2.38. The summed E-state index contributed by atoms with van der Waals surface area (Å²) in [7, 11) is 0.